The fraction of sp³-hybridized carbons (Fsp3) is 0.304. The molecule has 1 amide bonds. The van der Waals surface area contributed by atoms with Crippen LogP contribution in [0, 0.1) is 0 Å². The molecule has 1 aliphatic rings. The zero-order valence-electron chi connectivity index (χ0n) is 18.0. The smallest absolute Gasteiger partial charge is 0.417 e. The lowest BCUT2D eigenvalue weighted by Crippen LogP contribution is -2.36. The van der Waals surface area contributed by atoms with Crippen molar-refractivity contribution in [3.05, 3.63) is 59.3 Å². The highest BCUT2D eigenvalue weighted by atomic mass is 19.4. The van der Waals surface area contributed by atoms with E-state index in [1.54, 1.807) is 6.07 Å². The molecule has 0 aliphatic carbocycles. The Labute approximate surface area is 188 Å². The minimum Gasteiger partial charge on any atom is -0.457 e. The number of hydrogen-bond donors (Lipinski definition) is 3. The Morgan fingerprint density at radius 3 is 2.64 bits per heavy atom. The number of nitrogens with two attached hydrogens (primary N) is 1. The number of aromatic amines is 1. The second-order valence-corrected chi connectivity index (χ2v) is 7.91. The van der Waals surface area contributed by atoms with Crippen LogP contribution >= 0.6 is 0 Å². The number of amides is 1. The Morgan fingerprint density at radius 2 is 1.94 bits per heavy atom. The van der Waals surface area contributed by atoms with Gasteiger partial charge in [0, 0.05) is 25.0 Å². The molecule has 0 spiro atoms. The standard InChI is InChI=1S/C23H24F3N5O2/c1-28-22(27)30-21(32)20-12-17-18(23(24,25)26)10-16(11-19(17)29-20)33-15-6-4-5-14(9-15)13-31-7-2-3-8-31/h4-6,9-12,29H,2-3,7-8,13H2,1H3,(H3,27,28,30,32). The molecule has 4 N–H and O–H groups in total. The second-order valence-electron chi connectivity index (χ2n) is 7.91. The number of fused-ring (bicyclic) bond motifs is 1. The van der Waals surface area contributed by atoms with Crippen LogP contribution in [-0.2, 0) is 12.7 Å². The Bertz CT molecular complexity index is 1200. The Morgan fingerprint density at radius 1 is 1.18 bits per heavy atom. The molecule has 0 saturated carbocycles. The number of likely N-dealkylation sites (tertiary alicyclic amines) is 1. The normalized spacial score (nSPS) is 15.2. The summed E-state index contributed by atoms with van der Waals surface area (Å²) in [6, 6.07) is 10.8. The van der Waals surface area contributed by atoms with Gasteiger partial charge in [-0.2, -0.15) is 13.2 Å². The summed E-state index contributed by atoms with van der Waals surface area (Å²) >= 11 is 0. The molecule has 2 heterocycles. The van der Waals surface area contributed by atoms with Crippen LogP contribution in [0.5, 0.6) is 11.5 Å². The van der Waals surface area contributed by atoms with Crippen molar-refractivity contribution >= 4 is 22.8 Å². The summed E-state index contributed by atoms with van der Waals surface area (Å²) in [6.45, 7) is 2.84. The minimum atomic E-state index is -4.64. The lowest BCUT2D eigenvalue weighted by atomic mass is 10.1. The summed E-state index contributed by atoms with van der Waals surface area (Å²) in [5.74, 6) is -0.390. The van der Waals surface area contributed by atoms with Crippen molar-refractivity contribution in [2.24, 2.45) is 10.7 Å². The highest BCUT2D eigenvalue weighted by molar-refractivity contribution is 6.07. The minimum absolute atomic E-state index is 0.0107. The number of H-pyrrole nitrogens is 1. The molecular weight excluding hydrogens is 435 g/mol. The summed E-state index contributed by atoms with van der Waals surface area (Å²) in [5, 5.41) is 2.15. The van der Waals surface area contributed by atoms with E-state index in [-0.39, 0.29) is 28.3 Å². The fourth-order valence-corrected chi connectivity index (χ4v) is 3.91. The van der Waals surface area contributed by atoms with Gasteiger partial charge in [-0.25, -0.2) is 0 Å². The van der Waals surface area contributed by atoms with Gasteiger partial charge in [-0.15, -0.1) is 0 Å². The first kappa shape index (κ1) is 22.7. The van der Waals surface area contributed by atoms with Crippen molar-refractivity contribution in [1.29, 1.82) is 0 Å². The molecule has 0 bridgehead atoms. The maximum Gasteiger partial charge on any atom is 0.417 e. The third kappa shape index (κ3) is 5.28. The molecule has 0 atom stereocenters. The van der Waals surface area contributed by atoms with Gasteiger partial charge in [0.1, 0.15) is 17.2 Å². The molecule has 1 aliphatic heterocycles. The molecule has 174 valence electrons. The third-order valence-electron chi connectivity index (χ3n) is 5.48. The van der Waals surface area contributed by atoms with Crippen LogP contribution in [0.3, 0.4) is 0 Å². The van der Waals surface area contributed by atoms with Gasteiger partial charge < -0.3 is 15.5 Å². The van der Waals surface area contributed by atoms with E-state index in [9.17, 15) is 18.0 Å². The van der Waals surface area contributed by atoms with E-state index in [4.69, 9.17) is 10.5 Å². The summed E-state index contributed by atoms with van der Waals surface area (Å²) in [5.41, 5.74) is 5.64. The van der Waals surface area contributed by atoms with Crippen LogP contribution in [0.4, 0.5) is 13.2 Å². The van der Waals surface area contributed by atoms with E-state index in [2.05, 4.69) is 20.2 Å². The van der Waals surface area contributed by atoms with Crippen molar-refractivity contribution in [2.75, 3.05) is 20.1 Å². The van der Waals surface area contributed by atoms with Crippen molar-refractivity contribution in [3.63, 3.8) is 0 Å². The summed E-state index contributed by atoms with van der Waals surface area (Å²) < 4.78 is 47.2. The van der Waals surface area contributed by atoms with E-state index < -0.39 is 17.6 Å². The zero-order valence-corrected chi connectivity index (χ0v) is 18.0. The number of alkyl halides is 3. The van der Waals surface area contributed by atoms with Crippen molar-refractivity contribution < 1.29 is 22.7 Å². The topological polar surface area (TPSA) is 95.7 Å². The summed E-state index contributed by atoms with van der Waals surface area (Å²) in [6.07, 6.45) is -2.30. The van der Waals surface area contributed by atoms with Crippen LogP contribution in [-0.4, -0.2) is 41.9 Å². The fourth-order valence-electron chi connectivity index (χ4n) is 3.91. The predicted molar refractivity (Wildman–Crippen MR) is 119 cm³/mol. The second kappa shape index (κ2) is 9.14. The molecule has 1 fully saturated rings. The maximum atomic E-state index is 13.8. The number of benzene rings is 2. The first-order chi connectivity index (χ1) is 15.7. The number of aliphatic imine (C=N–C) groups is 1. The van der Waals surface area contributed by atoms with Crippen LogP contribution in [0.2, 0.25) is 0 Å². The SMILES string of the molecule is CN=C(N)NC(=O)c1cc2c(C(F)(F)F)cc(Oc3cccc(CN4CCCC4)c3)cc2[nH]1. The number of hydrogen-bond acceptors (Lipinski definition) is 4. The monoisotopic (exact) mass is 459 g/mol. The van der Waals surface area contributed by atoms with Crippen LogP contribution in [0.1, 0.15) is 34.5 Å². The van der Waals surface area contributed by atoms with E-state index >= 15 is 0 Å². The number of nitrogens with zero attached hydrogens (tertiary/aromatic N) is 2. The molecule has 2 aromatic carbocycles. The largest absolute Gasteiger partial charge is 0.457 e. The van der Waals surface area contributed by atoms with E-state index in [1.807, 2.05) is 18.2 Å². The van der Waals surface area contributed by atoms with Crippen LogP contribution < -0.4 is 15.8 Å². The molecule has 0 unspecified atom stereocenters. The van der Waals surface area contributed by atoms with Crippen LogP contribution in [0.15, 0.2) is 47.5 Å². The lowest BCUT2D eigenvalue weighted by molar-refractivity contribution is -0.136. The maximum absolute atomic E-state index is 13.8. The highest BCUT2D eigenvalue weighted by Crippen LogP contribution is 2.39. The molecule has 1 saturated heterocycles. The summed E-state index contributed by atoms with van der Waals surface area (Å²) in [7, 11) is 1.38. The first-order valence-corrected chi connectivity index (χ1v) is 10.5. The van der Waals surface area contributed by atoms with E-state index in [0.717, 1.165) is 37.3 Å². The highest BCUT2D eigenvalue weighted by Gasteiger charge is 2.34. The molecule has 7 nitrogen and oxygen atoms in total. The third-order valence-corrected chi connectivity index (χ3v) is 5.48. The summed E-state index contributed by atoms with van der Waals surface area (Å²) in [4.78, 5) is 20.9. The molecular formula is C23H24F3N5O2. The average molecular weight is 459 g/mol. The molecule has 4 rings (SSSR count). The van der Waals surface area contributed by atoms with Gasteiger partial charge in [0.05, 0.1) is 11.1 Å². The van der Waals surface area contributed by atoms with Crippen molar-refractivity contribution in [1.82, 2.24) is 15.2 Å². The van der Waals surface area contributed by atoms with Gasteiger partial charge in [0.15, 0.2) is 5.96 Å². The Kier molecular flexibility index (Phi) is 6.28. The molecule has 3 aromatic rings. The number of nitrogens with one attached hydrogen (secondary N) is 2. The number of guanidine groups is 1. The zero-order chi connectivity index (χ0) is 23.6. The van der Waals surface area contributed by atoms with Crippen molar-refractivity contribution in [3.8, 4) is 11.5 Å². The Hall–Kier alpha value is -3.53. The Balaban J connectivity index is 1.64. The number of aromatic nitrogens is 1. The molecule has 1 aromatic heterocycles. The van der Waals surface area contributed by atoms with Gasteiger partial charge >= 0.3 is 6.18 Å². The molecule has 10 heteroatoms. The van der Waals surface area contributed by atoms with E-state index in [1.165, 1.54) is 26.0 Å². The average Bonchev–Trinajstić information content (AvgIpc) is 3.42. The lowest BCUT2D eigenvalue weighted by Gasteiger charge is -2.16. The van der Waals surface area contributed by atoms with E-state index in [0.29, 0.717) is 5.75 Å². The van der Waals surface area contributed by atoms with Gasteiger partial charge in [-0.3, -0.25) is 20.0 Å². The number of carbonyl (C=O) groups excluding carboxylic acids is 1. The predicted octanol–water partition coefficient (Wildman–Crippen LogP) is 4.25. The number of rotatable bonds is 5. The van der Waals surface area contributed by atoms with Crippen LogP contribution in [0.25, 0.3) is 10.9 Å². The number of carbonyl (C=O) groups is 1. The van der Waals surface area contributed by atoms with Gasteiger partial charge in [-0.1, -0.05) is 12.1 Å². The van der Waals surface area contributed by atoms with Crippen molar-refractivity contribution in [2.45, 2.75) is 25.6 Å². The number of halogens is 3. The first-order valence-electron chi connectivity index (χ1n) is 10.5. The van der Waals surface area contributed by atoms with Gasteiger partial charge in [0.25, 0.3) is 5.91 Å². The number of ether oxygens (including phenoxy) is 1. The molecule has 33 heavy (non-hydrogen) atoms. The quantitative estimate of drug-likeness (QED) is 0.393. The van der Waals surface area contributed by atoms with Gasteiger partial charge in [0.2, 0.25) is 0 Å². The van der Waals surface area contributed by atoms with Gasteiger partial charge in [-0.05, 0) is 55.8 Å². The molecule has 0 radical (unpaired) electrons.